The van der Waals surface area contributed by atoms with Gasteiger partial charge in [0.1, 0.15) is 5.82 Å². The van der Waals surface area contributed by atoms with Crippen molar-refractivity contribution >= 4 is 21.6 Å². The standard InChI is InChI=1S/C14H11BrFNO3/c15-11-6-5-10(7-12(11)16)14(18)8-9-3-1-2-4-13(9)17(19)20/h1-7,14,18H,8H2. The van der Waals surface area contributed by atoms with Gasteiger partial charge in [-0.05, 0) is 33.6 Å². The molecule has 20 heavy (non-hydrogen) atoms. The van der Waals surface area contributed by atoms with Crippen LogP contribution in [-0.4, -0.2) is 10.0 Å². The maximum atomic E-state index is 13.4. The zero-order valence-corrected chi connectivity index (χ0v) is 11.9. The molecule has 0 fully saturated rings. The summed E-state index contributed by atoms with van der Waals surface area (Å²) in [5.74, 6) is -0.482. The summed E-state index contributed by atoms with van der Waals surface area (Å²) in [5.41, 5.74) is 0.737. The van der Waals surface area contributed by atoms with Crippen molar-refractivity contribution in [2.45, 2.75) is 12.5 Å². The molecule has 0 spiro atoms. The molecule has 0 heterocycles. The van der Waals surface area contributed by atoms with E-state index < -0.39 is 16.8 Å². The summed E-state index contributed by atoms with van der Waals surface area (Å²) in [6.45, 7) is 0. The van der Waals surface area contributed by atoms with Crippen LogP contribution in [0.4, 0.5) is 10.1 Å². The van der Waals surface area contributed by atoms with Gasteiger partial charge in [0.2, 0.25) is 0 Å². The zero-order valence-electron chi connectivity index (χ0n) is 10.3. The molecule has 1 unspecified atom stereocenters. The Labute approximate surface area is 123 Å². The van der Waals surface area contributed by atoms with Crippen molar-refractivity contribution in [3.05, 3.63) is 74.0 Å². The number of nitro benzene ring substituents is 1. The fourth-order valence-electron chi connectivity index (χ4n) is 1.91. The van der Waals surface area contributed by atoms with E-state index in [-0.39, 0.29) is 12.1 Å². The Bertz CT molecular complexity index is 648. The number of aliphatic hydroxyl groups is 1. The molecule has 0 aliphatic carbocycles. The predicted octanol–water partition coefficient (Wildman–Crippen LogP) is 3.77. The zero-order chi connectivity index (χ0) is 14.7. The van der Waals surface area contributed by atoms with E-state index in [1.54, 1.807) is 24.3 Å². The van der Waals surface area contributed by atoms with Gasteiger partial charge in [-0.1, -0.05) is 24.3 Å². The van der Waals surface area contributed by atoms with Gasteiger partial charge in [0.05, 0.1) is 15.5 Å². The first-order valence-corrected chi connectivity index (χ1v) is 6.63. The van der Waals surface area contributed by atoms with E-state index in [9.17, 15) is 19.6 Å². The van der Waals surface area contributed by atoms with Crippen molar-refractivity contribution in [2.24, 2.45) is 0 Å². The minimum atomic E-state index is -1.00. The van der Waals surface area contributed by atoms with Crippen molar-refractivity contribution in [1.82, 2.24) is 0 Å². The van der Waals surface area contributed by atoms with Crippen molar-refractivity contribution in [3.8, 4) is 0 Å². The lowest BCUT2D eigenvalue weighted by Gasteiger charge is -2.11. The topological polar surface area (TPSA) is 63.4 Å². The number of aliphatic hydroxyl groups excluding tert-OH is 1. The number of para-hydroxylation sites is 1. The third-order valence-corrected chi connectivity index (χ3v) is 3.57. The lowest BCUT2D eigenvalue weighted by atomic mass is 10.0. The minimum Gasteiger partial charge on any atom is -0.388 e. The van der Waals surface area contributed by atoms with Crippen molar-refractivity contribution in [1.29, 1.82) is 0 Å². The fraction of sp³-hybridized carbons (Fsp3) is 0.143. The number of halogens is 2. The van der Waals surface area contributed by atoms with Crippen molar-refractivity contribution in [2.75, 3.05) is 0 Å². The molecule has 0 bridgehead atoms. The van der Waals surface area contributed by atoms with E-state index in [4.69, 9.17) is 0 Å². The monoisotopic (exact) mass is 339 g/mol. The molecule has 2 aromatic rings. The highest BCUT2D eigenvalue weighted by atomic mass is 79.9. The van der Waals surface area contributed by atoms with E-state index in [0.29, 0.717) is 15.6 Å². The van der Waals surface area contributed by atoms with Crippen LogP contribution >= 0.6 is 15.9 Å². The quantitative estimate of drug-likeness (QED) is 0.681. The van der Waals surface area contributed by atoms with Gasteiger partial charge in [-0.2, -0.15) is 0 Å². The maximum Gasteiger partial charge on any atom is 0.272 e. The Balaban J connectivity index is 2.25. The smallest absolute Gasteiger partial charge is 0.272 e. The van der Waals surface area contributed by atoms with Gasteiger partial charge >= 0.3 is 0 Å². The summed E-state index contributed by atoms with van der Waals surface area (Å²) < 4.78 is 13.7. The highest BCUT2D eigenvalue weighted by Crippen LogP contribution is 2.26. The first-order valence-electron chi connectivity index (χ1n) is 5.84. The largest absolute Gasteiger partial charge is 0.388 e. The molecule has 4 nitrogen and oxygen atoms in total. The van der Waals surface area contributed by atoms with Gasteiger partial charge in [-0.3, -0.25) is 10.1 Å². The number of hydrogen-bond donors (Lipinski definition) is 1. The highest BCUT2D eigenvalue weighted by Gasteiger charge is 2.17. The van der Waals surface area contributed by atoms with Gasteiger partial charge in [-0.15, -0.1) is 0 Å². The predicted molar refractivity (Wildman–Crippen MR) is 75.9 cm³/mol. The molecule has 1 N–H and O–H groups in total. The van der Waals surface area contributed by atoms with Crippen LogP contribution < -0.4 is 0 Å². The molecule has 2 rings (SSSR count). The van der Waals surface area contributed by atoms with E-state index in [1.165, 1.54) is 18.2 Å². The van der Waals surface area contributed by atoms with Crippen LogP contribution in [0.5, 0.6) is 0 Å². The SMILES string of the molecule is O=[N+]([O-])c1ccccc1CC(O)c1ccc(Br)c(F)c1. The maximum absolute atomic E-state index is 13.4. The Morgan fingerprint density at radius 2 is 2.00 bits per heavy atom. The Morgan fingerprint density at radius 3 is 2.65 bits per heavy atom. The molecular formula is C14H11BrFNO3. The van der Waals surface area contributed by atoms with Crippen molar-refractivity contribution < 1.29 is 14.4 Å². The summed E-state index contributed by atoms with van der Waals surface area (Å²) in [6.07, 6.45) is -0.947. The average molecular weight is 340 g/mol. The molecule has 0 aliphatic heterocycles. The van der Waals surface area contributed by atoms with Gasteiger partial charge in [0.15, 0.2) is 0 Å². The normalized spacial score (nSPS) is 12.2. The summed E-state index contributed by atoms with van der Waals surface area (Å²) in [4.78, 5) is 10.4. The summed E-state index contributed by atoms with van der Waals surface area (Å²) >= 11 is 3.03. The van der Waals surface area contributed by atoms with Gasteiger partial charge in [0, 0.05) is 18.1 Å². The summed E-state index contributed by atoms with van der Waals surface area (Å²) in [7, 11) is 0. The van der Waals surface area contributed by atoms with Crippen LogP contribution in [0, 0.1) is 15.9 Å². The molecule has 0 radical (unpaired) electrons. The van der Waals surface area contributed by atoms with E-state index in [2.05, 4.69) is 15.9 Å². The van der Waals surface area contributed by atoms with E-state index in [0.717, 1.165) is 0 Å². The lowest BCUT2D eigenvalue weighted by molar-refractivity contribution is -0.385. The Kier molecular flexibility index (Phi) is 4.46. The number of nitrogens with zero attached hydrogens (tertiary/aromatic N) is 1. The van der Waals surface area contributed by atoms with Crippen LogP contribution in [0.25, 0.3) is 0 Å². The molecule has 6 heteroatoms. The van der Waals surface area contributed by atoms with Gasteiger partial charge in [0.25, 0.3) is 5.69 Å². The van der Waals surface area contributed by atoms with Crippen LogP contribution in [0.2, 0.25) is 0 Å². The van der Waals surface area contributed by atoms with Crippen molar-refractivity contribution in [3.63, 3.8) is 0 Å². The number of rotatable bonds is 4. The molecule has 2 aromatic carbocycles. The lowest BCUT2D eigenvalue weighted by Crippen LogP contribution is -2.04. The molecular weight excluding hydrogens is 329 g/mol. The third kappa shape index (κ3) is 3.20. The van der Waals surface area contributed by atoms with Crippen LogP contribution in [0.1, 0.15) is 17.2 Å². The molecule has 0 aliphatic rings. The van der Waals surface area contributed by atoms with Gasteiger partial charge in [-0.25, -0.2) is 4.39 Å². The molecule has 104 valence electrons. The first kappa shape index (κ1) is 14.6. The molecule has 0 saturated carbocycles. The summed E-state index contributed by atoms with van der Waals surface area (Å²) in [6, 6.07) is 10.5. The minimum absolute atomic E-state index is 0.0517. The molecule has 1 atom stereocenters. The Morgan fingerprint density at radius 1 is 1.30 bits per heavy atom. The molecule has 0 saturated heterocycles. The van der Waals surface area contributed by atoms with Gasteiger partial charge < -0.3 is 5.11 Å². The molecule has 0 aromatic heterocycles. The highest BCUT2D eigenvalue weighted by molar-refractivity contribution is 9.10. The third-order valence-electron chi connectivity index (χ3n) is 2.93. The van der Waals surface area contributed by atoms with E-state index >= 15 is 0 Å². The Hall–Kier alpha value is -1.79. The number of nitro groups is 1. The fourth-order valence-corrected chi connectivity index (χ4v) is 2.15. The van der Waals surface area contributed by atoms with E-state index in [1.807, 2.05) is 0 Å². The summed E-state index contributed by atoms with van der Waals surface area (Å²) in [5, 5.41) is 21.0. The first-order chi connectivity index (χ1) is 9.49. The van der Waals surface area contributed by atoms with Crippen LogP contribution in [0.15, 0.2) is 46.9 Å². The number of hydrogen-bond acceptors (Lipinski definition) is 3. The van der Waals surface area contributed by atoms with Crippen LogP contribution in [-0.2, 0) is 6.42 Å². The average Bonchev–Trinajstić information content (AvgIpc) is 2.42. The number of benzene rings is 2. The second-order valence-corrected chi connectivity index (χ2v) is 5.13. The van der Waals surface area contributed by atoms with Crippen LogP contribution in [0.3, 0.4) is 0 Å². The second-order valence-electron chi connectivity index (χ2n) is 4.28. The molecule has 0 amide bonds. The second kappa shape index (κ2) is 6.11.